The van der Waals surface area contributed by atoms with Crippen molar-refractivity contribution in [3.8, 4) is 11.6 Å². The molecule has 1 aromatic heterocycles. The third-order valence-corrected chi connectivity index (χ3v) is 5.09. The molecule has 1 fully saturated rings. The molecule has 138 valence electrons. The molecule has 5 nitrogen and oxygen atoms in total. The van der Waals surface area contributed by atoms with Crippen LogP contribution in [0.5, 0.6) is 11.6 Å². The van der Waals surface area contributed by atoms with E-state index in [1.807, 2.05) is 24.5 Å². The Bertz CT molecular complexity index is 787. The number of nitrogens with one attached hydrogen (secondary N) is 1. The van der Waals surface area contributed by atoms with E-state index in [0.717, 1.165) is 30.0 Å². The smallest absolute Gasteiger partial charge is 0.257 e. The van der Waals surface area contributed by atoms with Crippen molar-refractivity contribution in [2.45, 2.75) is 42.7 Å². The molecule has 1 saturated carbocycles. The highest BCUT2D eigenvalue weighted by Crippen LogP contribution is 2.27. The number of carbonyl (C=O) groups is 1. The SMILES string of the molecule is CSc1cccc(Oc2ncc(F)cc2C(=O)NC2CCCCC2O)c1. The summed E-state index contributed by atoms with van der Waals surface area (Å²) in [6.45, 7) is 0. The van der Waals surface area contributed by atoms with Crippen LogP contribution in [0.3, 0.4) is 0 Å². The molecule has 0 bridgehead atoms. The van der Waals surface area contributed by atoms with Crippen molar-refractivity contribution in [1.82, 2.24) is 10.3 Å². The minimum atomic E-state index is -0.621. The second-order valence-corrected chi connectivity index (χ2v) is 7.10. The molecular formula is C19H21FN2O3S. The van der Waals surface area contributed by atoms with Crippen LogP contribution in [0.1, 0.15) is 36.0 Å². The number of thioether (sulfide) groups is 1. The number of carbonyl (C=O) groups excluding carboxylic acids is 1. The van der Waals surface area contributed by atoms with Crippen LogP contribution < -0.4 is 10.1 Å². The lowest BCUT2D eigenvalue weighted by Crippen LogP contribution is -2.45. The number of aliphatic hydroxyl groups is 1. The van der Waals surface area contributed by atoms with Gasteiger partial charge in [-0.3, -0.25) is 4.79 Å². The molecule has 3 rings (SSSR count). The van der Waals surface area contributed by atoms with E-state index in [4.69, 9.17) is 4.74 Å². The average molecular weight is 376 g/mol. The molecule has 1 aliphatic rings. The van der Waals surface area contributed by atoms with Crippen LogP contribution in [0.2, 0.25) is 0 Å². The van der Waals surface area contributed by atoms with Crippen LogP contribution >= 0.6 is 11.8 Å². The summed E-state index contributed by atoms with van der Waals surface area (Å²) in [6, 6.07) is 8.11. The maximum Gasteiger partial charge on any atom is 0.257 e. The summed E-state index contributed by atoms with van der Waals surface area (Å²) in [5.74, 6) is -0.571. The first-order valence-corrected chi connectivity index (χ1v) is 9.75. The summed E-state index contributed by atoms with van der Waals surface area (Å²) in [5, 5.41) is 12.8. The van der Waals surface area contributed by atoms with E-state index in [1.165, 1.54) is 0 Å². The molecule has 26 heavy (non-hydrogen) atoms. The third kappa shape index (κ3) is 4.53. The van der Waals surface area contributed by atoms with E-state index in [2.05, 4.69) is 10.3 Å². The van der Waals surface area contributed by atoms with Crippen LogP contribution in [-0.2, 0) is 0 Å². The molecule has 2 N–H and O–H groups in total. The standard InChI is InChI=1S/C19H21FN2O3S/c1-26-14-6-4-5-13(10-14)25-19-15(9-12(20)11-21-19)18(24)22-16-7-2-3-8-17(16)23/h4-6,9-11,16-17,23H,2-3,7-8H2,1H3,(H,22,24). The first kappa shape index (κ1) is 18.7. The van der Waals surface area contributed by atoms with Gasteiger partial charge in [0.05, 0.1) is 18.3 Å². The molecule has 0 radical (unpaired) electrons. The molecule has 1 aliphatic carbocycles. The number of nitrogens with zero attached hydrogens (tertiary/aromatic N) is 1. The number of halogens is 1. The zero-order chi connectivity index (χ0) is 18.5. The van der Waals surface area contributed by atoms with Crippen molar-refractivity contribution in [2.24, 2.45) is 0 Å². The molecule has 1 heterocycles. The quantitative estimate of drug-likeness (QED) is 0.778. The number of amides is 1. The van der Waals surface area contributed by atoms with Crippen molar-refractivity contribution >= 4 is 17.7 Å². The number of aromatic nitrogens is 1. The lowest BCUT2D eigenvalue weighted by Gasteiger charge is -2.28. The van der Waals surface area contributed by atoms with Gasteiger partial charge in [-0.2, -0.15) is 0 Å². The Morgan fingerprint density at radius 1 is 1.35 bits per heavy atom. The first-order chi connectivity index (χ1) is 12.6. The monoisotopic (exact) mass is 376 g/mol. The summed E-state index contributed by atoms with van der Waals surface area (Å²) < 4.78 is 19.4. The fourth-order valence-corrected chi connectivity index (χ4v) is 3.42. The Morgan fingerprint density at radius 2 is 2.15 bits per heavy atom. The Labute approximate surface area is 156 Å². The maximum absolute atomic E-state index is 13.7. The maximum atomic E-state index is 13.7. The first-order valence-electron chi connectivity index (χ1n) is 8.53. The molecule has 0 spiro atoms. The van der Waals surface area contributed by atoms with Gasteiger partial charge in [0.1, 0.15) is 17.1 Å². The number of aliphatic hydroxyl groups excluding tert-OH is 1. The number of hydrogen-bond acceptors (Lipinski definition) is 5. The zero-order valence-electron chi connectivity index (χ0n) is 14.4. The van der Waals surface area contributed by atoms with Crippen molar-refractivity contribution < 1.29 is 19.0 Å². The van der Waals surface area contributed by atoms with Gasteiger partial charge in [-0.05, 0) is 43.4 Å². The Balaban J connectivity index is 1.81. The fourth-order valence-electron chi connectivity index (χ4n) is 2.97. The van der Waals surface area contributed by atoms with Gasteiger partial charge < -0.3 is 15.2 Å². The molecule has 0 aliphatic heterocycles. The van der Waals surface area contributed by atoms with Crippen molar-refractivity contribution in [3.63, 3.8) is 0 Å². The predicted molar refractivity (Wildman–Crippen MR) is 98.2 cm³/mol. The second kappa shape index (κ2) is 8.51. The summed E-state index contributed by atoms with van der Waals surface area (Å²) in [6.07, 6.45) is 5.60. The van der Waals surface area contributed by atoms with Crippen molar-refractivity contribution in [3.05, 3.63) is 47.9 Å². The largest absolute Gasteiger partial charge is 0.438 e. The van der Waals surface area contributed by atoms with Gasteiger partial charge >= 0.3 is 0 Å². The van der Waals surface area contributed by atoms with Crippen LogP contribution in [0.15, 0.2) is 41.4 Å². The molecule has 2 unspecified atom stereocenters. The second-order valence-electron chi connectivity index (χ2n) is 6.22. The van der Waals surface area contributed by atoms with Gasteiger partial charge in [0.15, 0.2) is 0 Å². The van der Waals surface area contributed by atoms with E-state index in [-0.39, 0.29) is 17.5 Å². The van der Waals surface area contributed by atoms with Gasteiger partial charge in [0.25, 0.3) is 5.91 Å². The number of pyridine rings is 1. The highest BCUT2D eigenvalue weighted by atomic mass is 32.2. The Kier molecular flexibility index (Phi) is 6.11. The third-order valence-electron chi connectivity index (χ3n) is 4.36. The highest BCUT2D eigenvalue weighted by Gasteiger charge is 2.26. The molecule has 1 aromatic carbocycles. The Hall–Kier alpha value is -2.12. The lowest BCUT2D eigenvalue weighted by molar-refractivity contribution is 0.0715. The summed E-state index contributed by atoms with van der Waals surface area (Å²) in [4.78, 5) is 17.6. The van der Waals surface area contributed by atoms with E-state index >= 15 is 0 Å². The van der Waals surface area contributed by atoms with Gasteiger partial charge in [-0.15, -0.1) is 11.8 Å². The number of rotatable bonds is 5. The lowest BCUT2D eigenvalue weighted by atomic mass is 9.92. The van der Waals surface area contributed by atoms with Gasteiger partial charge in [-0.1, -0.05) is 18.9 Å². The predicted octanol–water partition coefficient (Wildman–Crippen LogP) is 3.77. The average Bonchev–Trinajstić information content (AvgIpc) is 2.65. The van der Waals surface area contributed by atoms with E-state index < -0.39 is 17.8 Å². The molecule has 0 saturated heterocycles. The van der Waals surface area contributed by atoms with Crippen molar-refractivity contribution in [1.29, 1.82) is 0 Å². The minimum Gasteiger partial charge on any atom is -0.438 e. The van der Waals surface area contributed by atoms with Crippen LogP contribution in [0, 0.1) is 5.82 Å². The highest BCUT2D eigenvalue weighted by molar-refractivity contribution is 7.98. The molecule has 7 heteroatoms. The van der Waals surface area contributed by atoms with Crippen LogP contribution in [0.25, 0.3) is 0 Å². The van der Waals surface area contributed by atoms with Gasteiger partial charge in [-0.25, -0.2) is 9.37 Å². The number of benzene rings is 1. The molecule has 2 aromatic rings. The van der Waals surface area contributed by atoms with Gasteiger partial charge in [0, 0.05) is 4.90 Å². The van der Waals surface area contributed by atoms with Crippen LogP contribution in [0.4, 0.5) is 4.39 Å². The fraction of sp³-hybridized carbons (Fsp3) is 0.368. The molecule has 1 amide bonds. The van der Waals surface area contributed by atoms with Crippen LogP contribution in [-0.4, -0.2) is 34.4 Å². The van der Waals surface area contributed by atoms with E-state index in [1.54, 1.807) is 17.8 Å². The number of hydrogen-bond donors (Lipinski definition) is 2. The topological polar surface area (TPSA) is 71.5 Å². The van der Waals surface area contributed by atoms with Gasteiger partial charge in [0.2, 0.25) is 5.88 Å². The zero-order valence-corrected chi connectivity index (χ0v) is 15.3. The normalized spacial score (nSPS) is 19.8. The number of ether oxygens (including phenoxy) is 1. The minimum absolute atomic E-state index is 0.0114. The summed E-state index contributed by atoms with van der Waals surface area (Å²) >= 11 is 1.56. The van der Waals surface area contributed by atoms with E-state index in [9.17, 15) is 14.3 Å². The molecule has 2 atom stereocenters. The molecular weight excluding hydrogens is 355 g/mol. The Morgan fingerprint density at radius 3 is 2.92 bits per heavy atom. The van der Waals surface area contributed by atoms with E-state index in [0.29, 0.717) is 18.6 Å². The summed E-state index contributed by atoms with van der Waals surface area (Å²) in [7, 11) is 0. The summed E-state index contributed by atoms with van der Waals surface area (Å²) in [5.41, 5.74) is 0.0114. The van der Waals surface area contributed by atoms with Crippen molar-refractivity contribution in [2.75, 3.05) is 6.26 Å².